The first-order valence-electron chi connectivity index (χ1n) is 8.47. The van der Waals surface area contributed by atoms with Gasteiger partial charge in [-0.25, -0.2) is 4.98 Å². The summed E-state index contributed by atoms with van der Waals surface area (Å²) in [6.07, 6.45) is 1.58. The molecule has 0 bridgehead atoms. The van der Waals surface area contributed by atoms with Gasteiger partial charge in [-0.05, 0) is 24.3 Å². The highest BCUT2D eigenvalue weighted by atomic mass is 35.5. The first-order chi connectivity index (χ1) is 12.8. The van der Waals surface area contributed by atoms with Gasteiger partial charge in [0.15, 0.2) is 0 Å². The molecule has 1 saturated heterocycles. The molecule has 2 aromatic heterocycles. The van der Waals surface area contributed by atoms with E-state index in [9.17, 15) is 0 Å². The molecule has 1 aliphatic rings. The van der Waals surface area contributed by atoms with Gasteiger partial charge in [-0.3, -0.25) is 0 Å². The number of pyridine rings is 1. The third-order valence-corrected chi connectivity index (χ3v) is 4.31. The number of halogens is 1. The van der Waals surface area contributed by atoms with Crippen molar-refractivity contribution in [3.8, 4) is 5.75 Å². The van der Waals surface area contributed by atoms with E-state index in [-0.39, 0.29) is 6.10 Å². The molecule has 136 valence electrons. The first-order valence-corrected chi connectivity index (χ1v) is 8.85. The monoisotopic (exact) mass is 374 g/mol. The highest BCUT2D eigenvalue weighted by Crippen LogP contribution is 2.32. The van der Waals surface area contributed by atoms with Crippen LogP contribution in [0, 0.1) is 0 Å². The van der Waals surface area contributed by atoms with Gasteiger partial charge >= 0.3 is 0 Å². The second-order valence-electron chi connectivity index (χ2n) is 5.96. The zero-order chi connectivity index (χ0) is 17.8. The third kappa shape index (κ3) is 3.93. The molecule has 1 fully saturated rings. The number of ether oxygens (including phenoxy) is 3. The molecule has 7 heteroatoms. The van der Waals surface area contributed by atoms with Crippen LogP contribution in [-0.2, 0) is 16.0 Å². The van der Waals surface area contributed by atoms with Gasteiger partial charge < -0.3 is 23.9 Å². The van der Waals surface area contributed by atoms with Gasteiger partial charge in [-0.15, -0.1) is 0 Å². The van der Waals surface area contributed by atoms with Crippen molar-refractivity contribution in [1.82, 2.24) is 4.98 Å². The van der Waals surface area contributed by atoms with Crippen molar-refractivity contribution in [2.24, 2.45) is 0 Å². The number of para-hydroxylation sites is 1. The van der Waals surface area contributed by atoms with Crippen LogP contribution >= 0.6 is 11.6 Å². The molecule has 3 heterocycles. The van der Waals surface area contributed by atoms with Crippen molar-refractivity contribution in [2.75, 3.05) is 31.7 Å². The number of nitrogens with zero attached hydrogens (tertiary/aromatic N) is 1. The van der Waals surface area contributed by atoms with E-state index in [0.717, 1.165) is 16.8 Å². The number of benzene rings is 1. The minimum absolute atomic E-state index is 0.0743. The number of furan rings is 1. The molecule has 1 aliphatic heterocycles. The van der Waals surface area contributed by atoms with Crippen LogP contribution in [-0.4, -0.2) is 37.5 Å². The van der Waals surface area contributed by atoms with Crippen LogP contribution in [0.2, 0.25) is 5.15 Å². The molecule has 1 N–H and O–H groups in total. The summed E-state index contributed by atoms with van der Waals surface area (Å²) < 4.78 is 22.3. The number of aromatic nitrogens is 1. The summed E-state index contributed by atoms with van der Waals surface area (Å²) in [6, 6.07) is 11.4. The van der Waals surface area contributed by atoms with E-state index >= 15 is 0 Å². The quantitative estimate of drug-likeness (QED) is 0.660. The van der Waals surface area contributed by atoms with Gasteiger partial charge in [0.25, 0.3) is 0 Å². The highest BCUT2D eigenvalue weighted by Gasteiger charge is 2.16. The second kappa shape index (κ2) is 7.95. The maximum absolute atomic E-state index is 6.23. The fourth-order valence-electron chi connectivity index (χ4n) is 2.86. The second-order valence-corrected chi connectivity index (χ2v) is 6.34. The molecule has 1 atom stereocenters. The summed E-state index contributed by atoms with van der Waals surface area (Å²) in [4.78, 5) is 4.45. The van der Waals surface area contributed by atoms with Gasteiger partial charge in [-0.1, -0.05) is 23.7 Å². The average Bonchev–Trinajstić information content (AvgIpc) is 3.19. The standard InChI is InChI=1S/C19H19ClN2O4/c20-18-9-16(21-10-13-3-2-6-24-13)15-4-1-5-17(19(15)22-18)26-12-14-11-23-7-8-25-14/h1-6,9,14H,7-8,10-12H2,(H,21,22). The predicted octanol–water partition coefficient (Wildman–Crippen LogP) is 3.89. The lowest BCUT2D eigenvalue weighted by molar-refractivity contribution is -0.101. The number of hydrogen-bond acceptors (Lipinski definition) is 6. The molecular formula is C19H19ClN2O4. The lowest BCUT2D eigenvalue weighted by Crippen LogP contribution is -2.33. The van der Waals surface area contributed by atoms with Crippen molar-refractivity contribution in [3.05, 3.63) is 53.6 Å². The Hall–Kier alpha value is -2.28. The molecule has 0 saturated carbocycles. The third-order valence-electron chi connectivity index (χ3n) is 4.11. The SMILES string of the molecule is Clc1cc(NCc2ccco2)c2cccc(OCC3COCCO3)c2n1. The van der Waals surface area contributed by atoms with Crippen molar-refractivity contribution < 1.29 is 18.6 Å². The summed E-state index contributed by atoms with van der Waals surface area (Å²) >= 11 is 6.23. The first kappa shape index (κ1) is 17.1. The lowest BCUT2D eigenvalue weighted by Gasteiger charge is -2.23. The molecule has 3 aromatic rings. The van der Waals surface area contributed by atoms with Crippen molar-refractivity contribution in [1.29, 1.82) is 0 Å². The van der Waals surface area contributed by atoms with Gasteiger partial charge in [0.2, 0.25) is 0 Å². The number of rotatable bonds is 6. The zero-order valence-corrected chi connectivity index (χ0v) is 14.9. The number of nitrogens with one attached hydrogen (secondary N) is 1. The Morgan fingerprint density at radius 2 is 2.19 bits per heavy atom. The Kier molecular flexibility index (Phi) is 5.24. The Morgan fingerprint density at radius 3 is 3.00 bits per heavy atom. The van der Waals surface area contributed by atoms with Crippen LogP contribution in [0.25, 0.3) is 10.9 Å². The summed E-state index contributed by atoms with van der Waals surface area (Å²) in [5.74, 6) is 1.51. The van der Waals surface area contributed by atoms with Crippen LogP contribution in [0.3, 0.4) is 0 Å². The number of hydrogen-bond donors (Lipinski definition) is 1. The van der Waals surface area contributed by atoms with Crippen molar-refractivity contribution in [3.63, 3.8) is 0 Å². The van der Waals surface area contributed by atoms with Crippen LogP contribution in [0.1, 0.15) is 5.76 Å². The molecule has 4 rings (SSSR count). The average molecular weight is 375 g/mol. The lowest BCUT2D eigenvalue weighted by atomic mass is 10.1. The van der Waals surface area contributed by atoms with E-state index in [1.807, 2.05) is 30.3 Å². The number of anilines is 1. The molecule has 1 unspecified atom stereocenters. The van der Waals surface area contributed by atoms with Crippen LogP contribution in [0.15, 0.2) is 47.1 Å². The Morgan fingerprint density at radius 1 is 1.23 bits per heavy atom. The molecule has 1 aromatic carbocycles. The summed E-state index contributed by atoms with van der Waals surface area (Å²) in [5.41, 5.74) is 1.58. The maximum atomic E-state index is 6.23. The summed E-state index contributed by atoms with van der Waals surface area (Å²) in [6.45, 7) is 2.72. The molecule has 0 radical (unpaired) electrons. The topological polar surface area (TPSA) is 65.8 Å². The van der Waals surface area contributed by atoms with E-state index < -0.39 is 0 Å². The van der Waals surface area contributed by atoms with Gasteiger partial charge in [0.05, 0.1) is 32.6 Å². The van der Waals surface area contributed by atoms with Crippen LogP contribution in [0.5, 0.6) is 5.75 Å². The largest absolute Gasteiger partial charge is 0.488 e. The molecule has 26 heavy (non-hydrogen) atoms. The summed E-state index contributed by atoms with van der Waals surface area (Å²) in [5, 5.41) is 4.67. The van der Waals surface area contributed by atoms with Crippen LogP contribution in [0.4, 0.5) is 5.69 Å². The smallest absolute Gasteiger partial charge is 0.145 e. The van der Waals surface area contributed by atoms with E-state index in [4.69, 9.17) is 30.2 Å². The minimum atomic E-state index is -0.0743. The highest BCUT2D eigenvalue weighted by molar-refractivity contribution is 6.30. The van der Waals surface area contributed by atoms with Crippen LogP contribution < -0.4 is 10.1 Å². The fraction of sp³-hybridized carbons (Fsp3) is 0.316. The van der Waals surface area contributed by atoms with Crippen molar-refractivity contribution >= 4 is 28.2 Å². The molecular weight excluding hydrogens is 356 g/mol. The summed E-state index contributed by atoms with van der Waals surface area (Å²) in [7, 11) is 0. The van der Waals surface area contributed by atoms with E-state index in [0.29, 0.717) is 49.4 Å². The minimum Gasteiger partial charge on any atom is -0.488 e. The van der Waals surface area contributed by atoms with Gasteiger partial charge in [0, 0.05) is 11.1 Å². The fourth-order valence-corrected chi connectivity index (χ4v) is 3.06. The molecule has 6 nitrogen and oxygen atoms in total. The maximum Gasteiger partial charge on any atom is 0.145 e. The predicted molar refractivity (Wildman–Crippen MR) is 98.8 cm³/mol. The zero-order valence-electron chi connectivity index (χ0n) is 14.1. The van der Waals surface area contributed by atoms with E-state index in [1.54, 1.807) is 12.3 Å². The molecule has 0 spiro atoms. The Bertz CT molecular complexity index is 863. The van der Waals surface area contributed by atoms with Crippen molar-refractivity contribution in [2.45, 2.75) is 12.6 Å². The normalized spacial score (nSPS) is 17.3. The molecule has 0 aliphatic carbocycles. The van der Waals surface area contributed by atoms with Gasteiger partial charge in [0.1, 0.15) is 34.9 Å². The number of fused-ring (bicyclic) bond motifs is 1. The Balaban J connectivity index is 1.56. The molecule has 0 amide bonds. The van der Waals surface area contributed by atoms with E-state index in [2.05, 4.69) is 10.3 Å². The Labute approximate surface area is 156 Å². The van der Waals surface area contributed by atoms with Gasteiger partial charge in [-0.2, -0.15) is 0 Å². The van der Waals surface area contributed by atoms with E-state index in [1.165, 1.54) is 0 Å².